The molecule has 2 rings (SSSR count). The van der Waals surface area contributed by atoms with Crippen molar-refractivity contribution in [3.05, 3.63) is 28.8 Å². The van der Waals surface area contributed by atoms with Crippen molar-refractivity contribution < 1.29 is 14.9 Å². The Labute approximate surface area is 99.6 Å². The van der Waals surface area contributed by atoms with Gasteiger partial charge >= 0.3 is 0 Å². The summed E-state index contributed by atoms with van der Waals surface area (Å²) in [6.45, 7) is 2.16. The van der Waals surface area contributed by atoms with E-state index in [9.17, 15) is 10.2 Å². The zero-order chi connectivity index (χ0) is 11.8. The summed E-state index contributed by atoms with van der Waals surface area (Å²) in [6, 6.07) is 5.17. The molecular weight excluding hydrogens is 228 g/mol. The van der Waals surface area contributed by atoms with Crippen molar-refractivity contribution in [1.82, 2.24) is 0 Å². The van der Waals surface area contributed by atoms with E-state index in [1.807, 2.05) is 6.92 Å². The topological polar surface area (TPSA) is 49.7 Å². The Hall–Kier alpha value is -0.770. The summed E-state index contributed by atoms with van der Waals surface area (Å²) >= 11 is 5.89. The third kappa shape index (κ3) is 1.69. The largest absolute Gasteiger partial charge is 0.492 e. The maximum Gasteiger partial charge on any atom is 0.125 e. The van der Waals surface area contributed by atoms with E-state index in [4.69, 9.17) is 16.3 Å². The molecule has 16 heavy (non-hydrogen) atoms. The molecule has 1 aliphatic heterocycles. The molecule has 1 aromatic rings. The second-order valence-electron chi connectivity index (χ2n) is 4.25. The zero-order valence-corrected chi connectivity index (χ0v) is 9.87. The van der Waals surface area contributed by atoms with E-state index in [1.54, 1.807) is 18.2 Å². The summed E-state index contributed by atoms with van der Waals surface area (Å²) in [7, 11) is 0. The Balaban J connectivity index is 2.44. The van der Waals surface area contributed by atoms with Crippen LogP contribution in [0.5, 0.6) is 5.75 Å². The number of hydrogen-bond acceptors (Lipinski definition) is 3. The molecule has 2 N–H and O–H groups in total. The molecule has 2 unspecified atom stereocenters. The highest BCUT2D eigenvalue weighted by Crippen LogP contribution is 2.45. The van der Waals surface area contributed by atoms with Gasteiger partial charge in [0.25, 0.3) is 0 Å². The molecule has 1 aromatic carbocycles. The molecule has 0 bridgehead atoms. The highest BCUT2D eigenvalue weighted by atomic mass is 35.5. The fourth-order valence-electron chi connectivity index (χ4n) is 2.03. The van der Waals surface area contributed by atoms with E-state index < -0.39 is 11.5 Å². The fourth-order valence-corrected chi connectivity index (χ4v) is 2.21. The lowest BCUT2D eigenvalue weighted by molar-refractivity contribution is -0.0672. The van der Waals surface area contributed by atoms with Gasteiger partial charge in [0.2, 0.25) is 0 Å². The van der Waals surface area contributed by atoms with E-state index in [2.05, 4.69) is 0 Å². The van der Waals surface area contributed by atoms with Crippen LogP contribution in [-0.2, 0) is 0 Å². The summed E-state index contributed by atoms with van der Waals surface area (Å²) in [5.74, 6) is 0.648. The normalized spacial score (nSPS) is 28.4. The Morgan fingerprint density at radius 2 is 2.31 bits per heavy atom. The minimum atomic E-state index is -0.732. The number of halogens is 1. The van der Waals surface area contributed by atoms with Crippen LogP contribution in [0.2, 0.25) is 5.02 Å². The lowest BCUT2D eigenvalue weighted by Crippen LogP contribution is -2.41. The molecule has 0 amide bonds. The average Bonchev–Trinajstić information content (AvgIpc) is 2.31. The molecule has 2 atom stereocenters. The number of aliphatic hydroxyl groups is 2. The summed E-state index contributed by atoms with van der Waals surface area (Å²) in [5, 5.41) is 20.3. The van der Waals surface area contributed by atoms with E-state index in [0.717, 1.165) is 0 Å². The molecule has 0 saturated heterocycles. The minimum absolute atomic E-state index is 0.101. The third-order valence-corrected chi connectivity index (χ3v) is 3.62. The lowest BCUT2D eigenvalue weighted by Gasteiger charge is -2.40. The van der Waals surface area contributed by atoms with Crippen LogP contribution < -0.4 is 4.74 Å². The maximum atomic E-state index is 10.3. The van der Waals surface area contributed by atoms with E-state index >= 15 is 0 Å². The van der Waals surface area contributed by atoms with Crippen molar-refractivity contribution in [2.45, 2.75) is 19.4 Å². The first-order chi connectivity index (χ1) is 7.63. The van der Waals surface area contributed by atoms with Crippen LogP contribution in [0.15, 0.2) is 18.2 Å². The summed E-state index contributed by atoms with van der Waals surface area (Å²) in [5.41, 5.74) is 0.0483. The molecule has 0 saturated carbocycles. The summed E-state index contributed by atoms with van der Waals surface area (Å²) < 4.78 is 5.57. The minimum Gasteiger partial charge on any atom is -0.492 e. The summed E-state index contributed by atoms with van der Waals surface area (Å²) in [6.07, 6.45) is -0.0821. The number of aliphatic hydroxyl groups excluding tert-OH is 2. The van der Waals surface area contributed by atoms with Crippen LogP contribution >= 0.6 is 11.6 Å². The monoisotopic (exact) mass is 242 g/mol. The highest BCUT2D eigenvalue weighted by Gasteiger charge is 2.42. The highest BCUT2D eigenvalue weighted by molar-refractivity contribution is 6.30. The fraction of sp³-hybridized carbons (Fsp3) is 0.500. The third-order valence-electron chi connectivity index (χ3n) is 3.38. The van der Waals surface area contributed by atoms with Gasteiger partial charge in [0.05, 0.1) is 24.7 Å². The van der Waals surface area contributed by atoms with E-state index in [-0.39, 0.29) is 6.61 Å². The van der Waals surface area contributed by atoms with Crippen molar-refractivity contribution in [1.29, 1.82) is 0 Å². The van der Waals surface area contributed by atoms with Gasteiger partial charge in [-0.15, -0.1) is 0 Å². The van der Waals surface area contributed by atoms with Crippen molar-refractivity contribution in [2.75, 3.05) is 13.2 Å². The maximum absolute atomic E-state index is 10.3. The van der Waals surface area contributed by atoms with Gasteiger partial charge < -0.3 is 14.9 Å². The number of ether oxygens (including phenoxy) is 1. The van der Waals surface area contributed by atoms with E-state index in [0.29, 0.717) is 29.4 Å². The van der Waals surface area contributed by atoms with Gasteiger partial charge in [-0.2, -0.15) is 0 Å². The van der Waals surface area contributed by atoms with Gasteiger partial charge in [0.15, 0.2) is 0 Å². The van der Waals surface area contributed by atoms with Crippen molar-refractivity contribution >= 4 is 11.6 Å². The van der Waals surface area contributed by atoms with Crippen LogP contribution in [0.4, 0.5) is 0 Å². The molecular formula is C12H15ClO3. The predicted molar refractivity (Wildman–Crippen MR) is 61.7 cm³/mol. The lowest BCUT2D eigenvalue weighted by atomic mass is 9.76. The molecule has 1 aliphatic rings. The SMILES string of the molecule is CCC1(CO)COc2ccc(Cl)cc2C1O. The smallest absolute Gasteiger partial charge is 0.125 e. The van der Waals surface area contributed by atoms with E-state index in [1.165, 1.54) is 0 Å². The predicted octanol–water partition coefficient (Wildman–Crippen LogP) is 2.15. The molecule has 88 valence electrons. The van der Waals surface area contributed by atoms with Crippen LogP contribution in [-0.4, -0.2) is 23.4 Å². The first-order valence-corrected chi connectivity index (χ1v) is 5.72. The first kappa shape index (κ1) is 11.7. The number of benzene rings is 1. The molecule has 1 heterocycles. The molecule has 0 aliphatic carbocycles. The van der Waals surface area contributed by atoms with Crippen LogP contribution in [0.25, 0.3) is 0 Å². The van der Waals surface area contributed by atoms with Crippen molar-refractivity contribution in [2.24, 2.45) is 5.41 Å². The molecule has 4 heteroatoms. The standard InChI is InChI=1S/C12H15ClO3/c1-2-12(6-14)7-16-10-4-3-8(13)5-9(10)11(12)15/h3-5,11,14-15H,2,6-7H2,1H3. The number of rotatable bonds is 2. The number of fused-ring (bicyclic) bond motifs is 1. The molecule has 3 nitrogen and oxygen atoms in total. The average molecular weight is 243 g/mol. The first-order valence-electron chi connectivity index (χ1n) is 5.34. The zero-order valence-electron chi connectivity index (χ0n) is 9.11. The van der Waals surface area contributed by atoms with Gasteiger partial charge in [-0.05, 0) is 24.6 Å². The Morgan fingerprint density at radius 3 is 2.94 bits per heavy atom. The molecule has 0 spiro atoms. The van der Waals surface area contributed by atoms with Crippen molar-refractivity contribution in [3.8, 4) is 5.75 Å². The van der Waals surface area contributed by atoms with Crippen LogP contribution in [0.1, 0.15) is 25.0 Å². The Bertz CT molecular complexity index is 388. The van der Waals surface area contributed by atoms with Gasteiger partial charge in [-0.3, -0.25) is 0 Å². The molecule has 0 aromatic heterocycles. The van der Waals surface area contributed by atoms with Crippen LogP contribution in [0.3, 0.4) is 0 Å². The second kappa shape index (κ2) is 4.24. The van der Waals surface area contributed by atoms with Gasteiger partial charge in [0.1, 0.15) is 5.75 Å². The number of hydrogen-bond donors (Lipinski definition) is 2. The molecule has 0 fully saturated rings. The second-order valence-corrected chi connectivity index (χ2v) is 4.68. The van der Waals surface area contributed by atoms with Gasteiger partial charge in [0, 0.05) is 10.6 Å². The van der Waals surface area contributed by atoms with Crippen molar-refractivity contribution in [3.63, 3.8) is 0 Å². The quantitative estimate of drug-likeness (QED) is 0.836. The Kier molecular flexibility index (Phi) is 3.10. The summed E-state index contributed by atoms with van der Waals surface area (Å²) in [4.78, 5) is 0. The molecule has 0 radical (unpaired) electrons. The van der Waals surface area contributed by atoms with Gasteiger partial charge in [-0.25, -0.2) is 0 Å². The van der Waals surface area contributed by atoms with Gasteiger partial charge in [-0.1, -0.05) is 18.5 Å². The Morgan fingerprint density at radius 1 is 1.56 bits per heavy atom. The van der Waals surface area contributed by atoms with Crippen LogP contribution in [0, 0.1) is 5.41 Å².